The minimum atomic E-state index is -2.48. The van der Waals surface area contributed by atoms with Crippen molar-refractivity contribution < 1.29 is 8.78 Å². The van der Waals surface area contributed by atoms with Crippen LogP contribution < -0.4 is 0 Å². The highest BCUT2D eigenvalue weighted by atomic mass is 19.3. The first kappa shape index (κ1) is 11.4. The fourth-order valence-corrected chi connectivity index (χ4v) is 1.64. The molecule has 1 heterocycles. The summed E-state index contributed by atoms with van der Waals surface area (Å²) < 4.78 is 25.6. The van der Waals surface area contributed by atoms with Crippen LogP contribution in [0, 0.1) is 17.2 Å². The molecule has 0 aromatic heterocycles. The molecule has 0 amide bonds. The van der Waals surface area contributed by atoms with E-state index in [1.165, 1.54) is 0 Å². The van der Waals surface area contributed by atoms with Crippen molar-refractivity contribution in [3.8, 4) is 6.07 Å². The summed E-state index contributed by atoms with van der Waals surface area (Å²) in [7, 11) is 0. The van der Waals surface area contributed by atoms with Gasteiger partial charge in [-0.2, -0.15) is 5.26 Å². The van der Waals surface area contributed by atoms with E-state index in [0.717, 1.165) is 6.42 Å². The molecule has 0 aromatic carbocycles. The van der Waals surface area contributed by atoms with Gasteiger partial charge in [0.15, 0.2) is 0 Å². The van der Waals surface area contributed by atoms with Crippen molar-refractivity contribution in [3.05, 3.63) is 0 Å². The summed E-state index contributed by atoms with van der Waals surface area (Å²) in [4.78, 5) is 1.97. The molecule has 0 radical (unpaired) electrons. The minimum absolute atomic E-state index is 0.0123. The first-order valence-electron chi connectivity index (χ1n) is 5.07. The number of halogens is 2. The Balaban J connectivity index is 2.32. The Morgan fingerprint density at radius 3 is 2.43 bits per heavy atom. The summed E-state index contributed by atoms with van der Waals surface area (Å²) in [5.74, 6) is -2.49. The molecule has 1 unspecified atom stereocenters. The lowest BCUT2D eigenvalue weighted by molar-refractivity contribution is -0.0564. The molecular weight excluding hydrogens is 186 g/mol. The van der Waals surface area contributed by atoms with Crippen LogP contribution in [0.1, 0.15) is 26.2 Å². The van der Waals surface area contributed by atoms with E-state index < -0.39 is 5.92 Å². The van der Waals surface area contributed by atoms with Crippen molar-refractivity contribution in [2.24, 2.45) is 5.92 Å². The van der Waals surface area contributed by atoms with Crippen LogP contribution in [0.25, 0.3) is 0 Å². The first-order valence-corrected chi connectivity index (χ1v) is 5.07. The van der Waals surface area contributed by atoms with Gasteiger partial charge in [-0.3, -0.25) is 0 Å². The zero-order valence-corrected chi connectivity index (χ0v) is 8.47. The minimum Gasteiger partial charge on any atom is -0.302 e. The number of hydrogen-bond donors (Lipinski definition) is 0. The van der Waals surface area contributed by atoms with Gasteiger partial charge in [0.1, 0.15) is 0 Å². The second-order valence-corrected chi connectivity index (χ2v) is 3.89. The van der Waals surface area contributed by atoms with E-state index in [9.17, 15) is 8.78 Å². The van der Waals surface area contributed by atoms with Gasteiger partial charge in [0, 0.05) is 32.5 Å². The van der Waals surface area contributed by atoms with Gasteiger partial charge in [-0.25, -0.2) is 8.78 Å². The number of rotatable bonds is 3. The molecule has 1 aliphatic rings. The maximum Gasteiger partial charge on any atom is 0.250 e. The van der Waals surface area contributed by atoms with E-state index in [1.54, 1.807) is 0 Å². The van der Waals surface area contributed by atoms with Crippen molar-refractivity contribution >= 4 is 0 Å². The Bertz CT molecular complexity index is 213. The third-order valence-electron chi connectivity index (χ3n) is 2.74. The van der Waals surface area contributed by atoms with Gasteiger partial charge >= 0.3 is 0 Å². The van der Waals surface area contributed by atoms with Crippen LogP contribution in [0.4, 0.5) is 8.78 Å². The molecule has 0 saturated carbocycles. The van der Waals surface area contributed by atoms with Crippen molar-refractivity contribution in [1.29, 1.82) is 5.26 Å². The number of nitrogens with zero attached hydrogens (tertiary/aromatic N) is 2. The van der Waals surface area contributed by atoms with Gasteiger partial charge in [0.25, 0.3) is 5.92 Å². The molecule has 4 heteroatoms. The van der Waals surface area contributed by atoms with Crippen LogP contribution in [0.5, 0.6) is 0 Å². The lowest BCUT2D eigenvalue weighted by atomic mass is 10.0. The molecule has 1 fully saturated rings. The second kappa shape index (κ2) is 4.70. The third kappa shape index (κ3) is 3.22. The van der Waals surface area contributed by atoms with Gasteiger partial charge in [0.2, 0.25) is 0 Å². The molecule has 1 saturated heterocycles. The van der Waals surface area contributed by atoms with E-state index in [4.69, 9.17) is 5.26 Å². The lowest BCUT2D eigenvalue weighted by Gasteiger charge is -2.32. The van der Waals surface area contributed by atoms with Crippen LogP contribution in [0.2, 0.25) is 0 Å². The molecule has 1 aliphatic heterocycles. The highest BCUT2D eigenvalue weighted by Gasteiger charge is 2.34. The highest BCUT2D eigenvalue weighted by molar-refractivity contribution is 4.86. The second-order valence-electron chi connectivity index (χ2n) is 3.89. The fraction of sp³-hybridized carbons (Fsp3) is 0.900. The van der Waals surface area contributed by atoms with E-state index in [2.05, 4.69) is 6.07 Å². The maximum atomic E-state index is 12.8. The first-order chi connectivity index (χ1) is 6.57. The smallest absolute Gasteiger partial charge is 0.250 e. The standard InChI is InChI=1S/C10H16F2N2/c1-2-9(7-13)8-14-5-3-10(11,12)4-6-14/h9H,2-6,8H2,1H3. The SMILES string of the molecule is CCC(C#N)CN1CCC(F)(F)CC1. The van der Waals surface area contributed by atoms with Crippen molar-refractivity contribution in [3.63, 3.8) is 0 Å². The van der Waals surface area contributed by atoms with Gasteiger partial charge in [-0.05, 0) is 6.42 Å². The predicted octanol–water partition coefficient (Wildman–Crippen LogP) is 2.27. The van der Waals surface area contributed by atoms with Crippen LogP contribution in [-0.4, -0.2) is 30.5 Å². The monoisotopic (exact) mass is 202 g/mol. The van der Waals surface area contributed by atoms with E-state index in [-0.39, 0.29) is 18.8 Å². The van der Waals surface area contributed by atoms with Crippen LogP contribution in [-0.2, 0) is 0 Å². The average Bonchev–Trinajstić information content (AvgIpc) is 2.16. The summed E-state index contributed by atoms with van der Waals surface area (Å²) in [5.41, 5.74) is 0. The normalized spacial score (nSPS) is 24.1. The van der Waals surface area contributed by atoms with Crippen LogP contribution in [0.15, 0.2) is 0 Å². The molecule has 80 valence electrons. The van der Waals surface area contributed by atoms with E-state index in [0.29, 0.717) is 19.6 Å². The molecule has 0 spiro atoms. The number of hydrogen-bond acceptors (Lipinski definition) is 2. The Morgan fingerprint density at radius 2 is 2.00 bits per heavy atom. The molecule has 0 bridgehead atoms. The summed E-state index contributed by atoms with van der Waals surface area (Å²) >= 11 is 0. The largest absolute Gasteiger partial charge is 0.302 e. The number of piperidine rings is 1. The van der Waals surface area contributed by atoms with E-state index in [1.807, 2.05) is 11.8 Å². The topological polar surface area (TPSA) is 27.0 Å². The van der Waals surface area contributed by atoms with Crippen molar-refractivity contribution in [2.75, 3.05) is 19.6 Å². The summed E-state index contributed by atoms with van der Waals surface area (Å²) in [6.07, 6.45) is 0.674. The molecule has 1 rings (SSSR count). The highest BCUT2D eigenvalue weighted by Crippen LogP contribution is 2.27. The zero-order valence-electron chi connectivity index (χ0n) is 8.47. The maximum absolute atomic E-state index is 12.8. The van der Waals surface area contributed by atoms with Crippen molar-refractivity contribution in [2.45, 2.75) is 32.1 Å². The summed E-state index contributed by atoms with van der Waals surface area (Å²) in [6.45, 7) is 3.44. The molecule has 0 aromatic rings. The molecule has 0 aliphatic carbocycles. The lowest BCUT2D eigenvalue weighted by Crippen LogP contribution is -2.41. The quantitative estimate of drug-likeness (QED) is 0.702. The van der Waals surface area contributed by atoms with Gasteiger partial charge in [0.05, 0.1) is 12.0 Å². The molecule has 14 heavy (non-hydrogen) atoms. The Morgan fingerprint density at radius 1 is 1.43 bits per heavy atom. The Labute approximate surface area is 83.5 Å². The fourth-order valence-electron chi connectivity index (χ4n) is 1.64. The van der Waals surface area contributed by atoms with Gasteiger partial charge < -0.3 is 4.90 Å². The zero-order chi connectivity index (χ0) is 10.6. The molecule has 2 nitrogen and oxygen atoms in total. The average molecular weight is 202 g/mol. The van der Waals surface area contributed by atoms with Gasteiger partial charge in [-0.15, -0.1) is 0 Å². The van der Waals surface area contributed by atoms with Crippen LogP contribution >= 0.6 is 0 Å². The number of alkyl halides is 2. The predicted molar refractivity (Wildman–Crippen MR) is 50.0 cm³/mol. The number of likely N-dealkylation sites (tertiary alicyclic amines) is 1. The number of nitriles is 1. The molecular formula is C10H16F2N2. The van der Waals surface area contributed by atoms with E-state index >= 15 is 0 Å². The molecule has 1 atom stereocenters. The van der Waals surface area contributed by atoms with Gasteiger partial charge in [-0.1, -0.05) is 6.92 Å². The summed E-state index contributed by atoms with van der Waals surface area (Å²) in [5, 5.41) is 8.73. The Kier molecular flexibility index (Phi) is 3.82. The summed E-state index contributed by atoms with van der Waals surface area (Å²) in [6, 6.07) is 2.19. The van der Waals surface area contributed by atoms with Crippen molar-refractivity contribution in [1.82, 2.24) is 4.90 Å². The van der Waals surface area contributed by atoms with Crippen LogP contribution in [0.3, 0.4) is 0 Å². The molecule has 0 N–H and O–H groups in total. The Hall–Kier alpha value is -0.690. The third-order valence-corrected chi connectivity index (χ3v) is 2.74.